The minimum Gasteiger partial charge on any atom is -0.399 e. The highest BCUT2D eigenvalue weighted by Crippen LogP contribution is 2.19. The zero-order chi connectivity index (χ0) is 17.6. The molecular weight excluding hydrogens is 381 g/mol. The number of hydrogen-bond acceptors (Lipinski definition) is 3. The Hall–Kier alpha value is -1.75. The molecular formula is C21H29Cl2N3O. The Bertz CT molecular complexity index is 714. The lowest BCUT2D eigenvalue weighted by Gasteiger charge is -2.30. The van der Waals surface area contributed by atoms with Gasteiger partial charge in [0.15, 0.2) is 0 Å². The van der Waals surface area contributed by atoms with E-state index in [4.69, 9.17) is 5.73 Å². The second kappa shape index (κ2) is 11.2. The van der Waals surface area contributed by atoms with Crippen molar-refractivity contribution in [3.63, 3.8) is 0 Å². The fourth-order valence-electron chi connectivity index (χ4n) is 3.26. The first-order valence-corrected chi connectivity index (χ1v) is 9.04. The van der Waals surface area contributed by atoms with Crippen LogP contribution in [0.3, 0.4) is 0 Å². The van der Waals surface area contributed by atoms with Crippen LogP contribution in [0.5, 0.6) is 0 Å². The second-order valence-electron chi connectivity index (χ2n) is 7.03. The highest BCUT2D eigenvalue weighted by atomic mass is 35.5. The molecule has 0 bridgehead atoms. The number of carbonyl (C=O) groups is 1. The van der Waals surface area contributed by atoms with Crippen molar-refractivity contribution in [1.29, 1.82) is 0 Å². The fraction of sp³-hybridized carbons (Fsp3) is 0.381. The number of hydrogen-bond donors (Lipinski definition) is 2. The smallest absolute Gasteiger partial charge is 0.251 e. The number of halogens is 2. The molecule has 3 rings (SSSR count). The largest absolute Gasteiger partial charge is 0.399 e. The third kappa shape index (κ3) is 6.73. The number of carbonyl (C=O) groups excluding carboxylic acids is 1. The summed E-state index contributed by atoms with van der Waals surface area (Å²) in [5, 5.41) is 3.02. The molecule has 1 amide bonds. The van der Waals surface area contributed by atoms with Gasteiger partial charge in [0.1, 0.15) is 0 Å². The number of nitrogen functional groups attached to an aromatic ring is 1. The molecule has 1 aliphatic rings. The van der Waals surface area contributed by atoms with Gasteiger partial charge in [0, 0.05) is 24.3 Å². The summed E-state index contributed by atoms with van der Waals surface area (Å²) in [6.45, 7) is 6.16. The molecule has 1 aliphatic heterocycles. The van der Waals surface area contributed by atoms with Gasteiger partial charge in [0.2, 0.25) is 0 Å². The summed E-state index contributed by atoms with van der Waals surface area (Å²) in [7, 11) is 0. The Labute approximate surface area is 174 Å². The molecule has 0 atom stereocenters. The molecule has 1 heterocycles. The third-order valence-corrected chi connectivity index (χ3v) is 5.00. The minimum atomic E-state index is -0.0680. The van der Waals surface area contributed by atoms with Gasteiger partial charge in [-0.05, 0) is 67.2 Å². The lowest BCUT2D eigenvalue weighted by Crippen LogP contribution is -2.33. The van der Waals surface area contributed by atoms with E-state index in [0.29, 0.717) is 17.8 Å². The maximum absolute atomic E-state index is 12.3. The average Bonchev–Trinajstić information content (AvgIpc) is 2.63. The first-order chi connectivity index (χ1) is 12.1. The molecule has 3 N–H and O–H groups in total. The van der Waals surface area contributed by atoms with Crippen molar-refractivity contribution in [2.45, 2.75) is 32.9 Å². The molecule has 148 valence electrons. The first-order valence-electron chi connectivity index (χ1n) is 9.04. The molecule has 0 saturated carbocycles. The zero-order valence-electron chi connectivity index (χ0n) is 15.7. The van der Waals surface area contributed by atoms with Crippen LogP contribution in [-0.4, -0.2) is 23.9 Å². The Morgan fingerprint density at radius 2 is 1.63 bits per heavy atom. The van der Waals surface area contributed by atoms with Gasteiger partial charge in [0.25, 0.3) is 5.91 Å². The second-order valence-corrected chi connectivity index (χ2v) is 7.03. The summed E-state index contributed by atoms with van der Waals surface area (Å²) in [6, 6.07) is 15.4. The summed E-state index contributed by atoms with van der Waals surface area (Å²) in [5.74, 6) is 0.771. The Kier molecular flexibility index (Phi) is 9.64. The van der Waals surface area contributed by atoms with Crippen LogP contribution < -0.4 is 11.1 Å². The van der Waals surface area contributed by atoms with Crippen molar-refractivity contribution >= 4 is 36.4 Å². The predicted molar refractivity (Wildman–Crippen MR) is 117 cm³/mol. The minimum absolute atomic E-state index is 0. The Morgan fingerprint density at radius 1 is 1.04 bits per heavy atom. The molecule has 0 radical (unpaired) electrons. The molecule has 1 saturated heterocycles. The van der Waals surface area contributed by atoms with Crippen LogP contribution in [0.4, 0.5) is 5.69 Å². The van der Waals surface area contributed by atoms with Crippen LogP contribution in [0, 0.1) is 5.92 Å². The quantitative estimate of drug-likeness (QED) is 0.724. The van der Waals surface area contributed by atoms with Gasteiger partial charge in [0.05, 0.1) is 0 Å². The third-order valence-electron chi connectivity index (χ3n) is 5.00. The van der Waals surface area contributed by atoms with Gasteiger partial charge in [-0.1, -0.05) is 31.2 Å². The fourth-order valence-corrected chi connectivity index (χ4v) is 3.26. The highest BCUT2D eigenvalue weighted by Gasteiger charge is 2.17. The lowest BCUT2D eigenvalue weighted by atomic mass is 9.98. The van der Waals surface area contributed by atoms with Crippen molar-refractivity contribution in [3.05, 3.63) is 65.2 Å². The molecule has 0 aromatic heterocycles. The number of amides is 1. The van der Waals surface area contributed by atoms with Crippen LogP contribution in [-0.2, 0) is 13.1 Å². The number of anilines is 1. The molecule has 6 heteroatoms. The molecule has 2 aromatic rings. The zero-order valence-corrected chi connectivity index (χ0v) is 17.3. The topological polar surface area (TPSA) is 58.4 Å². The van der Waals surface area contributed by atoms with E-state index in [2.05, 4.69) is 35.3 Å². The summed E-state index contributed by atoms with van der Waals surface area (Å²) in [5.41, 5.74) is 9.46. The standard InChI is InChI=1S/C21H27N3O.2ClH/c1-16-10-12-24(13-11-16)15-19-5-3-2-4-18(19)14-23-21(25)17-6-8-20(22)9-7-17;;/h2-9,16H,10-15,22H2,1H3,(H,23,25);2*1H. The van der Waals surface area contributed by atoms with E-state index in [-0.39, 0.29) is 30.7 Å². The predicted octanol–water partition coefficient (Wildman–Crippen LogP) is 4.27. The molecule has 27 heavy (non-hydrogen) atoms. The molecule has 4 nitrogen and oxygen atoms in total. The van der Waals surface area contributed by atoms with Crippen molar-refractivity contribution in [2.24, 2.45) is 5.92 Å². The van der Waals surface area contributed by atoms with Crippen LogP contribution in [0.25, 0.3) is 0 Å². The van der Waals surface area contributed by atoms with E-state index in [1.54, 1.807) is 24.3 Å². The molecule has 1 fully saturated rings. The van der Waals surface area contributed by atoms with Crippen LogP contribution in [0.2, 0.25) is 0 Å². The number of rotatable bonds is 5. The number of nitrogens with one attached hydrogen (secondary N) is 1. The number of nitrogens with two attached hydrogens (primary N) is 1. The van der Waals surface area contributed by atoms with Crippen molar-refractivity contribution in [2.75, 3.05) is 18.8 Å². The van der Waals surface area contributed by atoms with E-state index in [0.717, 1.165) is 25.6 Å². The highest BCUT2D eigenvalue weighted by molar-refractivity contribution is 5.94. The first kappa shape index (κ1) is 23.3. The normalized spacial score (nSPS) is 14.7. The van der Waals surface area contributed by atoms with Crippen molar-refractivity contribution in [1.82, 2.24) is 10.2 Å². The molecule has 2 aromatic carbocycles. The van der Waals surface area contributed by atoms with Gasteiger partial charge < -0.3 is 11.1 Å². The van der Waals surface area contributed by atoms with E-state index in [1.165, 1.54) is 24.0 Å². The lowest BCUT2D eigenvalue weighted by molar-refractivity contribution is 0.0950. The number of piperidine rings is 1. The van der Waals surface area contributed by atoms with E-state index >= 15 is 0 Å². The van der Waals surface area contributed by atoms with Gasteiger partial charge in [-0.3, -0.25) is 9.69 Å². The summed E-state index contributed by atoms with van der Waals surface area (Å²) < 4.78 is 0. The average molecular weight is 410 g/mol. The van der Waals surface area contributed by atoms with Gasteiger partial charge >= 0.3 is 0 Å². The van der Waals surface area contributed by atoms with E-state index in [1.807, 2.05) is 6.07 Å². The monoisotopic (exact) mass is 409 g/mol. The van der Waals surface area contributed by atoms with Gasteiger partial charge in [-0.15, -0.1) is 24.8 Å². The summed E-state index contributed by atoms with van der Waals surface area (Å²) >= 11 is 0. The van der Waals surface area contributed by atoms with Gasteiger partial charge in [-0.2, -0.15) is 0 Å². The van der Waals surface area contributed by atoms with Crippen molar-refractivity contribution < 1.29 is 4.79 Å². The molecule has 0 aliphatic carbocycles. The maximum atomic E-state index is 12.3. The van der Waals surface area contributed by atoms with Crippen LogP contribution >= 0.6 is 24.8 Å². The summed E-state index contributed by atoms with van der Waals surface area (Å²) in [4.78, 5) is 14.8. The van der Waals surface area contributed by atoms with Crippen LogP contribution in [0.15, 0.2) is 48.5 Å². The number of nitrogens with zero attached hydrogens (tertiary/aromatic N) is 1. The Morgan fingerprint density at radius 3 is 2.26 bits per heavy atom. The van der Waals surface area contributed by atoms with Crippen LogP contribution in [0.1, 0.15) is 41.3 Å². The molecule has 0 unspecified atom stereocenters. The maximum Gasteiger partial charge on any atom is 0.251 e. The number of likely N-dealkylation sites (tertiary alicyclic amines) is 1. The summed E-state index contributed by atoms with van der Waals surface area (Å²) in [6.07, 6.45) is 2.55. The van der Waals surface area contributed by atoms with Crippen molar-refractivity contribution in [3.8, 4) is 0 Å². The van der Waals surface area contributed by atoms with E-state index in [9.17, 15) is 4.79 Å². The SMILES string of the molecule is CC1CCN(Cc2ccccc2CNC(=O)c2ccc(N)cc2)CC1.Cl.Cl. The molecule has 0 spiro atoms. The number of benzene rings is 2. The van der Waals surface area contributed by atoms with Gasteiger partial charge in [-0.25, -0.2) is 0 Å². The van der Waals surface area contributed by atoms with E-state index < -0.39 is 0 Å². The Balaban J connectivity index is 0.00000182.